The molecule has 20 heavy (non-hydrogen) atoms. The predicted molar refractivity (Wildman–Crippen MR) is 79.6 cm³/mol. The minimum absolute atomic E-state index is 0.0157. The van der Waals surface area contributed by atoms with Crippen LogP contribution in [0.4, 0.5) is 4.39 Å². The smallest absolute Gasteiger partial charge is 0.182 e. The molecule has 0 spiro atoms. The molecule has 1 aliphatic rings. The summed E-state index contributed by atoms with van der Waals surface area (Å²) in [4.78, 5) is 15.0. The lowest BCUT2D eigenvalue weighted by Gasteiger charge is -2.36. The molecule has 0 bridgehead atoms. The molecule has 2 nitrogen and oxygen atoms in total. The molecular formula is C17H24FNO. The number of aryl methyl sites for hydroxylation is 1. The van der Waals surface area contributed by atoms with Gasteiger partial charge in [0.15, 0.2) is 5.78 Å². The lowest BCUT2D eigenvalue weighted by atomic mass is 9.90. The second-order valence-electron chi connectivity index (χ2n) is 6.31. The van der Waals surface area contributed by atoms with Gasteiger partial charge in [-0.1, -0.05) is 12.8 Å². The molecule has 0 N–H and O–H groups in total. The average Bonchev–Trinajstić information content (AvgIpc) is 2.65. The average molecular weight is 277 g/mol. The van der Waals surface area contributed by atoms with Gasteiger partial charge in [0, 0.05) is 5.56 Å². The maximum Gasteiger partial charge on any atom is 0.182 e. The van der Waals surface area contributed by atoms with Crippen molar-refractivity contribution in [2.75, 3.05) is 13.1 Å². The van der Waals surface area contributed by atoms with Crippen molar-refractivity contribution in [1.29, 1.82) is 0 Å². The SMILES string of the molecule is Cc1cc(F)cc(C(=O)C(C)(C)N2CCCCCC2)c1. The summed E-state index contributed by atoms with van der Waals surface area (Å²) in [7, 11) is 0. The van der Waals surface area contributed by atoms with E-state index in [1.54, 1.807) is 6.07 Å². The number of carbonyl (C=O) groups excluding carboxylic acids is 1. The first kappa shape index (κ1) is 15.2. The van der Waals surface area contributed by atoms with Gasteiger partial charge >= 0.3 is 0 Å². The molecule has 1 fully saturated rings. The predicted octanol–water partition coefficient (Wildman–Crippen LogP) is 3.97. The van der Waals surface area contributed by atoms with Crippen LogP contribution >= 0.6 is 0 Å². The molecule has 1 aliphatic heterocycles. The van der Waals surface area contributed by atoms with Crippen LogP contribution in [-0.4, -0.2) is 29.3 Å². The lowest BCUT2D eigenvalue weighted by molar-refractivity contribution is 0.0649. The van der Waals surface area contributed by atoms with Crippen molar-refractivity contribution < 1.29 is 9.18 Å². The van der Waals surface area contributed by atoms with Crippen LogP contribution in [0.15, 0.2) is 18.2 Å². The van der Waals surface area contributed by atoms with Crippen molar-refractivity contribution in [2.45, 2.75) is 52.0 Å². The Morgan fingerprint density at radius 1 is 1.10 bits per heavy atom. The largest absolute Gasteiger partial charge is 0.292 e. The third kappa shape index (κ3) is 3.26. The third-order valence-corrected chi connectivity index (χ3v) is 4.26. The number of likely N-dealkylation sites (tertiary alicyclic amines) is 1. The fraction of sp³-hybridized carbons (Fsp3) is 0.588. The summed E-state index contributed by atoms with van der Waals surface area (Å²) in [5.74, 6) is -0.318. The maximum atomic E-state index is 13.5. The van der Waals surface area contributed by atoms with Crippen molar-refractivity contribution in [2.24, 2.45) is 0 Å². The molecule has 0 saturated carbocycles. The zero-order valence-electron chi connectivity index (χ0n) is 12.7. The van der Waals surface area contributed by atoms with Crippen LogP contribution < -0.4 is 0 Å². The first-order valence-corrected chi connectivity index (χ1v) is 7.48. The molecule has 1 aromatic rings. The molecule has 3 heteroatoms. The summed E-state index contributed by atoms with van der Waals surface area (Å²) >= 11 is 0. The van der Waals surface area contributed by atoms with Crippen molar-refractivity contribution in [3.05, 3.63) is 35.1 Å². The number of carbonyl (C=O) groups is 1. The molecule has 0 atom stereocenters. The highest BCUT2D eigenvalue weighted by Gasteiger charge is 2.35. The van der Waals surface area contributed by atoms with Crippen LogP contribution in [0.25, 0.3) is 0 Å². The minimum Gasteiger partial charge on any atom is -0.292 e. The van der Waals surface area contributed by atoms with Crippen LogP contribution in [0.3, 0.4) is 0 Å². The first-order valence-electron chi connectivity index (χ1n) is 7.48. The standard InChI is InChI=1S/C17H24FNO/c1-13-10-14(12-15(18)11-13)16(20)17(2,3)19-8-6-4-5-7-9-19/h10-12H,4-9H2,1-3H3. The van der Waals surface area contributed by atoms with Gasteiger partial charge in [-0.15, -0.1) is 0 Å². The van der Waals surface area contributed by atoms with Crippen LogP contribution in [0.1, 0.15) is 55.5 Å². The quantitative estimate of drug-likeness (QED) is 0.779. The van der Waals surface area contributed by atoms with Crippen molar-refractivity contribution >= 4 is 5.78 Å². The molecule has 0 radical (unpaired) electrons. The summed E-state index contributed by atoms with van der Waals surface area (Å²) in [6.45, 7) is 7.64. The summed E-state index contributed by atoms with van der Waals surface area (Å²) in [5, 5.41) is 0. The number of benzene rings is 1. The Balaban J connectivity index is 2.24. The Labute approximate surface area is 121 Å². The Bertz CT molecular complexity index is 468. The van der Waals surface area contributed by atoms with Crippen LogP contribution in [-0.2, 0) is 0 Å². The van der Waals surface area contributed by atoms with Gasteiger partial charge in [-0.05, 0) is 70.5 Å². The molecule has 0 amide bonds. The summed E-state index contributed by atoms with van der Waals surface area (Å²) in [6.07, 6.45) is 4.75. The maximum absolute atomic E-state index is 13.5. The number of halogens is 1. The van der Waals surface area contributed by atoms with E-state index in [-0.39, 0.29) is 11.6 Å². The molecule has 0 aliphatic carbocycles. The molecular weight excluding hydrogens is 253 g/mol. The van der Waals surface area contributed by atoms with Crippen molar-refractivity contribution in [1.82, 2.24) is 4.90 Å². The summed E-state index contributed by atoms with van der Waals surface area (Å²) < 4.78 is 13.5. The number of Topliss-reactive ketones (excluding diaryl/α,β-unsaturated/α-hetero) is 1. The lowest BCUT2D eigenvalue weighted by Crippen LogP contribution is -2.50. The second-order valence-corrected chi connectivity index (χ2v) is 6.31. The van der Waals surface area contributed by atoms with Gasteiger partial charge < -0.3 is 0 Å². The van der Waals surface area contributed by atoms with E-state index < -0.39 is 5.54 Å². The van der Waals surface area contributed by atoms with E-state index in [1.165, 1.54) is 25.0 Å². The highest BCUT2D eigenvalue weighted by atomic mass is 19.1. The number of hydrogen-bond donors (Lipinski definition) is 0. The zero-order chi connectivity index (χ0) is 14.8. The molecule has 0 aromatic heterocycles. The molecule has 0 unspecified atom stereocenters. The normalized spacial score (nSPS) is 17.8. The van der Waals surface area contributed by atoms with E-state index in [0.717, 1.165) is 31.5 Å². The van der Waals surface area contributed by atoms with Gasteiger partial charge in [-0.25, -0.2) is 4.39 Å². The Kier molecular flexibility index (Phi) is 4.59. The van der Waals surface area contributed by atoms with E-state index in [2.05, 4.69) is 4.90 Å². The molecule has 1 aromatic carbocycles. The van der Waals surface area contributed by atoms with E-state index >= 15 is 0 Å². The van der Waals surface area contributed by atoms with Gasteiger partial charge in [0.25, 0.3) is 0 Å². The molecule has 1 saturated heterocycles. The topological polar surface area (TPSA) is 20.3 Å². The number of nitrogens with zero attached hydrogens (tertiary/aromatic N) is 1. The number of ketones is 1. The van der Waals surface area contributed by atoms with E-state index in [4.69, 9.17) is 0 Å². The number of hydrogen-bond acceptors (Lipinski definition) is 2. The molecule has 1 heterocycles. The van der Waals surface area contributed by atoms with Gasteiger partial charge in [0.05, 0.1) is 5.54 Å². The first-order chi connectivity index (χ1) is 9.41. The van der Waals surface area contributed by atoms with E-state index in [1.807, 2.05) is 20.8 Å². The van der Waals surface area contributed by atoms with Gasteiger partial charge in [-0.3, -0.25) is 9.69 Å². The second kappa shape index (κ2) is 6.04. The Morgan fingerprint density at radius 2 is 1.70 bits per heavy atom. The van der Waals surface area contributed by atoms with Crippen LogP contribution in [0, 0.1) is 12.7 Å². The van der Waals surface area contributed by atoms with E-state index in [9.17, 15) is 9.18 Å². The fourth-order valence-corrected chi connectivity index (χ4v) is 2.99. The minimum atomic E-state index is -0.565. The van der Waals surface area contributed by atoms with Gasteiger partial charge in [-0.2, -0.15) is 0 Å². The Morgan fingerprint density at radius 3 is 2.25 bits per heavy atom. The summed E-state index contributed by atoms with van der Waals surface area (Å²) in [5.41, 5.74) is 0.710. The highest BCUT2D eigenvalue weighted by molar-refractivity contribution is 6.02. The highest BCUT2D eigenvalue weighted by Crippen LogP contribution is 2.25. The molecule has 110 valence electrons. The van der Waals surface area contributed by atoms with E-state index in [0.29, 0.717) is 5.56 Å². The third-order valence-electron chi connectivity index (χ3n) is 4.26. The fourth-order valence-electron chi connectivity index (χ4n) is 2.99. The van der Waals surface area contributed by atoms with Crippen molar-refractivity contribution in [3.63, 3.8) is 0 Å². The van der Waals surface area contributed by atoms with Crippen LogP contribution in [0.5, 0.6) is 0 Å². The van der Waals surface area contributed by atoms with Gasteiger partial charge in [0.1, 0.15) is 5.82 Å². The van der Waals surface area contributed by atoms with Gasteiger partial charge in [0.2, 0.25) is 0 Å². The molecule has 2 rings (SSSR count). The van der Waals surface area contributed by atoms with Crippen LogP contribution in [0.2, 0.25) is 0 Å². The summed E-state index contributed by atoms with van der Waals surface area (Å²) in [6, 6.07) is 4.59. The Hall–Kier alpha value is -1.22. The monoisotopic (exact) mass is 277 g/mol. The zero-order valence-corrected chi connectivity index (χ0v) is 12.7. The van der Waals surface area contributed by atoms with Crippen molar-refractivity contribution in [3.8, 4) is 0 Å². The number of rotatable bonds is 3.